The summed E-state index contributed by atoms with van der Waals surface area (Å²) in [7, 11) is 1.93. The molecule has 2 N–H and O–H groups in total. The van der Waals surface area contributed by atoms with Crippen molar-refractivity contribution in [3.63, 3.8) is 0 Å². The van der Waals surface area contributed by atoms with Gasteiger partial charge < -0.3 is 15.4 Å². The van der Waals surface area contributed by atoms with E-state index in [0.717, 1.165) is 13.0 Å². The first-order valence-electron chi connectivity index (χ1n) is 6.06. The Hall–Kier alpha value is -2.22. The summed E-state index contributed by atoms with van der Waals surface area (Å²) in [5.41, 5.74) is 5.74. The standard InChI is InChI=1S/C11H15N7O/c1-17(8-3-6-19-7-8)10-14-9(12)15-11(16-10)18-5-2-4-13-18/h2,4-5,8H,3,6-7H2,1H3,(H2,12,14,15,16). The Morgan fingerprint density at radius 1 is 1.42 bits per heavy atom. The van der Waals surface area contributed by atoms with Gasteiger partial charge in [-0.3, -0.25) is 0 Å². The number of nitrogen functional groups attached to an aromatic ring is 1. The van der Waals surface area contributed by atoms with Crippen molar-refractivity contribution in [1.82, 2.24) is 24.7 Å². The molecule has 3 rings (SSSR count). The number of hydrogen-bond acceptors (Lipinski definition) is 7. The molecule has 0 saturated carbocycles. The molecule has 8 nitrogen and oxygen atoms in total. The van der Waals surface area contributed by atoms with Crippen molar-refractivity contribution in [2.75, 3.05) is 30.9 Å². The van der Waals surface area contributed by atoms with Crippen LogP contribution in [0.15, 0.2) is 18.5 Å². The summed E-state index contributed by atoms with van der Waals surface area (Å²) in [4.78, 5) is 14.6. The number of anilines is 2. The van der Waals surface area contributed by atoms with E-state index in [1.54, 1.807) is 23.1 Å². The molecule has 2 aromatic rings. The van der Waals surface area contributed by atoms with Crippen LogP contribution in [-0.2, 0) is 4.74 Å². The van der Waals surface area contributed by atoms with Gasteiger partial charge in [-0.2, -0.15) is 20.1 Å². The van der Waals surface area contributed by atoms with Gasteiger partial charge in [-0.25, -0.2) is 4.68 Å². The molecule has 19 heavy (non-hydrogen) atoms. The molecule has 100 valence electrons. The zero-order valence-corrected chi connectivity index (χ0v) is 10.6. The molecule has 0 amide bonds. The van der Waals surface area contributed by atoms with Crippen LogP contribution in [0.4, 0.5) is 11.9 Å². The highest BCUT2D eigenvalue weighted by atomic mass is 16.5. The Kier molecular flexibility index (Phi) is 3.00. The number of ether oxygens (including phenoxy) is 1. The van der Waals surface area contributed by atoms with E-state index in [0.29, 0.717) is 18.5 Å². The molecule has 0 aliphatic carbocycles. The lowest BCUT2D eigenvalue weighted by Gasteiger charge is -2.23. The molecule has 1 aliphatic rings. The van der Waals surface area contributed by atoms with Gasteiger partial charge in [-0.1, -0.05) is 0 Å². The SMILES string of the molecule is CN(c1nc(N)nc(-n2cccn2)n1)C1CCOC1. The van der Waals surface area contributed by atoms with Crippen LogP contribution in [0.25, 0.3) is 5.95 Å². The van der Waals surface area contributed by atoms with Crippen molar-refractivity contribution < 1.29 is 4.74 Å². The van der Waals surface area contributed by atoms with E-state index in [2.05, 4.69) is 20.1 Å². The van der Waals surface area contributed by atoms with Crippen LogP contribution in [0, 0.1) is 0 Å². The number of nitrogens with zero attached hydrogens (tertiary/aromatic N) is 6. The van der Waals surface area contributed by atoms with E-state index in [1.165, 1.54) is 0 Å². The van der Waals surface area contributed by atoms with Crippen LogP contribution in [0.1, 0.15) is 6.42 Å². The molecule has 0 radical (unpaired) electrons. The number of likely N-dealkylation sites (N-methyl/N-ethyl adjacent to an activating group) is 1. The fraction of sp³-hybridized carbons (Fsp3) is 0.455. The molecule has 0 bridgehead atoms. The minimum absolute atomic E-state index is 0.182. The maximum Gasteiger partial charge on any atom is 0.257 e. The minimum atomic E-state index is 0.182. The Bertz CT molecular complexity index is 550. The largest absolute Gasteiger partial charge is 0.379 e. The Morgan fingerprint density at radius 3 is 3.00 bits per heavy atom. The lowest BCUT2D eigenvalue weighted by molar-refractivity contribution is 0.193. The maximum absolute atomic E-state index is 5.74. The number of hydrogen-bond donors (Lipinski definition) is 1. The highest BCUT2D eigenvalue weighted by molar-refractivity contribution is 5.38. The van der Waals surface area contributed by atoms with Gasteiger partial charge in [0, 0.05) is 26.0 Å². The van der Waals surface area contributed by atoms with Crippen molar-refractivity contribution in [3.8, 4) is 5.95 Å². The first-order valence-corrected chi connectivity index (χ1v) is 6.06. The molecule has 1 atom stereocenters. The minimum Gasteiger partial charge on any atom is -0.379 e. The van der Waals surface area contributed by atoms with Crippen molar-refractivity contribution >= 4 is 11.9 Å². The van der Waals surface area contributed by atoms with Crippen LogP contribution in [-0.4, -0.2) is 51.0 Å². The van der Waals surface area contributed by atoms with Crippen LogP contribution in [0.5, 0.6) is 0 Å². The van der Waals surface area contributed by atoms with E-state index in [1.807, 2.05) is 11.9 Å². The fourth-order valence-electron chi connectivity index (χ4n) is 2.01. The van der Waals surface area contributed by atoms with Crippen LogP contribution in [0.3, 0.4) is 0 Å². The molecular formula is C11H15N7O. The third kappa shape index (κ3) is 2.34. The van der Waals surface area contributed by atoms with Gasteiger partial charge >= 0.3 is 0 Å². The quantitative estimate of drug-likeness (QED) is 0.821. The highest BCUT2D eigenvalue weighted by Gasteiger charge is 2.23. The summed E-state index contributed by atoms with van der Waals surface area (Å²) in [6.45, 7) is 1.45. The average Bonchev–Trinajstić information content (AvgIpc) is 3.10. The molecule has 1 unspecified atom stereocenters. The summed E-state index contributed by atoms with van der Waals surface area (Å²) in [5, 5.41) is 4.09. The second-order valence-corrected chi connectivity index (χ2v) is 4.37. The molecular weight excluding hydrogens is 246 g/mol. The second kappa shape index (κ2) is 4.81. The number of aromatic nitrogens is 5. The van der Waals surface area contributed by atoms with Gasteiger partial charge in [0.05, 0.1) is 12.6 Å². The van der Waals surface area contributed by atoms with E-state index in [-0.39, 0.29) is 12.0 Å². The molecule has 0 spiro atoms. The Balaban J connectivity index is 1.93. The van der Waals surface area contributed by atoms with Gasteiger partial charge in [0.1, 0.15) is 0 Å². The predicted molar refractivity (Wildman–Crippen MR) is 69.0 cm³/mol. The van der Waals surface area contributed by atoms with Crippen molar-refractivity contribution in [2.24, 2.45) is 0 Å². The molecule has 1 saturated heterocycles. The van der Waals surface area contributed by atoms with Gasteiger partial charge in [-0.15, -0.1) is 0 Å². The molecule has 8 heteroatoms. The fourth-order valence-corrected chi connectivity index (χ4v) is 2.01. The van der Waals surface area contributed by atoms with E-state index in [4.69, 9.17) is 10.5 Å². The number of rotatable bonds is 3. The summed E-state index contributed by atoms with van der Waals surface area (Å²) < 4.78 is 6.93. The summed E-state index contributed by atoms with van der Waals surface area (Å²) in [6, 6.07) is 2.07. The lowest BCUT2D eigenvalue weighted by Crippen LogP contribution is -2.33. The Morgan fingerprint density at radius 2 is 2.32 bits per heavy atom. The molecule has 3 heterocycles. The topological polar surface area (TPSA) is 95.0 Å². The van der Waals surface area contributed by atoms with E-state index < -0.39 is 0 Å². The molecule has 1 fully saturated rings. The first-order chi connectivity index (χ1) is 9.24. The second-order valence-electron chi connectivity index (χ2n) is 4.37. The normalized spacial score (nSPS) is 18.7. The highest BCUT2D eigenvalue weighted by Crippen LogP contribution is 2.17. The summed E-state index contributed by atoms with van der Waals surface area (Å²) >= 11 is 0. The van der Waals surface area contributed by atoms with Crippen molar-refractivity contribution in [1.29, 1.82) is 0 Å². The smallest absolute Gasteiger partial charge is 0.257 e. The van der Waals surface area contributed by atoms with Crippen LogP contribution >= 0.6 is 0 Å². The predicted octanol–water partition coefficient (Wildman–Crippen LogP) is -0.135. The first kappa shape index (κ1) is 11.8. The van der Waals surface area contributed by atoms with Gasteiger partial charge in [0.25, 0.3) is 5.95 Å². The van der Waals surface area contributed by atoms with Crippen molar-refractivity contribution in [2.45, 2.75) is 12.5 Å². The average molecular weight is 261 g/mol. The van der Waals surface area contributed by atoms with Crippen molar-refractivity contribution in [3.05, 3.63) is 18.5 Å². The maximum atomic E-state index is 5.74. The van der Waals surface area contributed by atoms with E-state index >= 15 is 0 Å². The monoisotopic (exact) mass is 261 g/mol. The zero-order chi connectivity index (χ0) is 13.2. The third-order valence-corrected chi connectivity index (χ3v) is 3.11. The third-order valence-electron chi connectivity index (χ3n) is 3.11. The molecule has 2 aromatic heterocycles. The summed E-state index contributed by atoms with van der Waals surface area (Å²) in [5.74, 6) is 1.13. The molecule has 0 aromatic carbocycles. The van der Waals surface area contributed by atoms with Gasteiger partial charge in [0.2, 0.25) is 11.9 Å². The summed E-state index contributed by atoms with van der Waals surface area (Å²) in [6.07, 6.45) is 4.38. The van der Waals surface area contributed by atoms with E-state index in [9.17, 15) is 0 Å². The number of nitrogens with two attached hydrogens (primary N) is 1. The molecule has 1 aliphatic heterocycles. The zero-order valence-electron chi connectivity index (χ0n) is 10.6. The van der Waals surface area contributed by atoms with Crippen LogP contribution in [0.2, 0.25) is 0 Å². The van der Waals surface area contributed by atoms with Gasteiger partial charge in [0.15, 0.2) is 0 Å². The lowest BCUT2D eigenvalue weighted by atomic mass is 10.2. The Labute approximate surface area is 110 Å². The van der Waals surface area contributed by atoms with Gasteiger partial charge in [-0.05, 0) is 12.5 Å². The van der Waals surface area contributed by atoms with Crippen LogP contribution < -0.4 is 10.6 Å².